The van der Waals surface area contributed by atoms with E-state index in [1.54, 1.807) is 25.4 Å². The first-order chi connectivity index (χ1) is 11.3. The number of para-hydroxylation sites is 2. The van der Waals surface area contributed by atoms with Crippen molar-refractivity contribution >= 4 is 51.4 Å². The summed E-state index contributed by atoms with van der Waals surface area (Å²) in [5, 5.41) is 0.457. The first kappa shape index (κ1) is 19.1. The van der Waals surface area contributed by atoms with Gasteiger partial charge in [0.05, 0.1) is 39.9 Å². The summed E-state index contributed by atoms with van der Waals surface area (Å²) >= 11 is 0. The Morgan fingerprint density at radius 2 is 2.04 bits per heavy atom. The molecule has 3 rings (SSSR count). The maximum atomic E-state index is 12.5. The van der Waals surface area contributed by atoms with Crippen LogP contribution in [0.2, 0.25) is 0 Å². The summed E-state index contributed by atoms with van der Waals surface area (Å²) in [5.74, 6) is 0.968. The zero-order valence-electron chi connectivity index (χ0n) is 13.7. The molecule has 1 unspecified atom stereocenters. The molecule has 2 aromatic heterocycles. The molecule has 121 valence electrons. The number of nitrogens with zero attached hydrogens (tertiary/aromatic N) is 2. The van der Waals surface area contributed by atoms with Gasteiger partial charge in [-0.05, 0) is 18.2 Å². The fraction of sp³-hybridized carbons (Fsp3) is 0.250. The third-order valence-corrected chi connectivity index (χ3v) is 4.39. The normalized spacial score (nSPS) is 11.9. The molecule has 3 aromatic rings. The Kier molecular flexibility index (Phi) is 7.39. The fourth-order valence-electron chi connectivity index (χ4n) is 2.11. The molecule has 6 nitrogen and oxygen atoms in total. The number of H-pyrrole nitrogens is 1. The number of methoxy groups -OCH3 is 1. The van der Waals surface area contributed by atoms with Crippen molar-refractivity contribution in [2.45, 2.75) is 10.9 Å². The minimum Gasteiger partial charge on any atom is -0.491 e. The number of rotatable bonds is 7. The van der Waals surface area contributed by atoms with E-state index in [2.05, 4.69) is 15.0 Å². The summed E-state index contributed by atoms with van der Waals surface area (Å²) in [6.45, 7) is 0.981. The van der Waals surface area contributed by atoms with Crippen LogP contribution >= 0.6 is 0 Å². The van der Waals surface area contributed by atoms with Gasteiger partial charge >= 0.3 is 0 Å². The number of hydrogen-bond acceptors (Lipinski definition) is 5. The average Bonchev–Trinajstić information content (AvgIpc) is 3.00. The molecule has 8 heteroatoms. The van der Waals surface area contributed by atoms with Crippen LogP contribution in [0.5, 0.6) is 5.75 Å². The predicted octanol–water partition coefficient (Wildman–Crippen LogP) is 1.91. The van der Waals surface area contributed by atoms with Crippen molar-refractivity contribution in [3.63, 3.8) is 0 Å². The molecule has 0 bridgehead atoms. The van der Waals surface area contributed by atoms with E-state index in [1.807, 2.05) is 24.3 Å². The van der Waals surface area contributed by atoms with Gasteiger partial charge in [0.2, 0.25) is 0 Å². The Bertz CT molecular complexity index is 792. The summed E-state index contributed by atoms with van der Waals surface area (Å²) in [6, 6.07) is 11.2. The van der Waals surface area contributed by atoms with Gasteiger partial charge in [0.1, 0.15) is 12.4 Å². The number of ether oxygens (including phenoxy) is 2. The first-order valence-corrected chi connectivity index (χ1v) is 8.48. The number of imidazole rings is 1. The number of aromatic amines is 1. The van der Waals surface area contributed by atoms with Gasteiger partial charge in [-0.3, -0.25) is 9.19 Å². The largest absolute Gasteiger partial charge is 0.491 e. The van der Waals surface area contributed by atoms with Crippen LogP contribution in [0, 0.1) is 0 Å². The zero-order chi connectivity index (χ0) is 16.1. The molecule has 0 aliphatic carbocycles. The van der Waals surface area contributed by atoms with E-state index in [1.165, 1.54) is 0 Å². The summed E-state index contributed by atoms with van der Waals surface area (Å²) in [6.07, 6.45) is 1.65. The third kappa shape index (κ3) is 4.87. The van der Waals surface area contributed by atoms with E-state index in [0.717, 1.165) is 11.0 Å². The maximum absolute atomic E-state index is 12.5. The van der Waals surface area contributed by atoms with Crippen molar-refractivity contribution in [1.29, 1.82) is 0 Å². The molecular weight excluding hydrogens is 337 g/mol. The van der Waals surface area contributed by atoms with Gasteiger partial charge in [0.15, 0.2) is 5.16 Å². The second-order valence-electron chi connectivity index (χ2n) is 4.87. The Morgan fingerprint density at radius 1 is 1.21 bits per heavy atom. The number of aromatic nitrogens is 3. The third-order valence-electron chi connectivity index (χ3n) is 3.21. The quantitative estimate of drug-likeness (QED) is 0.518. The summed E-state index contributed by atoms with van der Waals surface area (Å²) in [4.78, 5) is 11.7. The number of benzene rings is 1. The molecule has 0 spiro atoms. The van der Waals surface area contributed by atoms with Crippen LogP contribution in [0.15, 0.2) is 47.8 Å². The van der Waals surface area contributed by atoms with E-state index in [4.69, 9.17) is 9.47 Å². The van der Waals surface area contributed by atoms with Crippen LogP contribution in [0.4, 0.5) is 0 Å². The monoisotopic (exact) mass is 354 g/mol. The second-order valence-corrected chi connectivity index (χ2v) is 6.24. The molecule has 0 saturated carbocycles. The number of hydrogen-bond donors (Lipinski definition) is 1. The topological polar surface area (TPSA) is 77.1 Å². The SMILES string of the molecule is COCCOc1ccnc(CS(=O)c2nc3ccccc3[nH]2)c1.[Na]. The van der Waals surface area contributed by atoms with Crippen molar-refractivity contribution in [2.75, 3.05) is 20.3 Å². The number of nitrogens with one attached hydrogen (secondary N) is 1. The second kappa shape index (κ2) is 9.29. The number of pyridine rings is 1. The van der Waals surface area contributed by atoms with Gasteiger partial charge in [-0.25, -0.2) is 4.98 Å². The zero-order valence-corrected chi connectivity index (χ0v) is 16.5. The van der Waals surface area contributed by atoms with Crippen LogP contribution < -0.4 is 4.74 Å². The van der Waals surface area contributed by atoms with Gasteiger partial charge in [-0.15, -0.1) is 0 Å². The predicted molar refractivity (Wildman–Crippen MR) is 93.6 cm³/mol. The van der Waals surface area contributed by atoms with Crippen molar-refractivity contribution in [2.24, 2.45) is 0 Å². The van der Waals surface area contributed by atoms with Crippen LogP contribution in [-0.2, 0) is 21.3 Å². The summed E-state index contributed by atoms with van der Waals surface area (Å²) in [7, 11) is 0.331. The van der Waals surface area contributed by atoms with E-state index in [-0.39, 0.29) is 35.3 Å². The van der Waals surface area contributed by atoms with Gasteiger partial charge < -0.3 is 14.5 Å². The standard InChI is InChI=1S/C16H17N3O3S.Na/c1-21-8-9-22-13-6-7-17-12(10-13)11-23(20)16-18-14-4-2-3-5-15(14)19-16;/h2-7,10H,8-9,11H2,1H3,(H,18,19);. The van der Waals surface area contributed by atoms with Gasteiger partial charge in [0, 0.05) is 48.9 Å². The van der Waals surface area contributed by atoms with Gasteiger partial charge in [0.25, 0.3) is 0 Å². The van der Waals surface area contributed by atoms with Crippen LogP contribution in [0.25, 0.3) is 11.0 Å². The van der Waals surface area contributed by atoms with Crippen molar-refractivity contribution in [3.05, 3.63) is 48.3 Å². The molecule has 1 N–H and O–H groups in total. The molecule has 0 amide bonds. The van der Waals surface area contributed by atoms with Gasteiger partial charge in [-0.2, -0.15) is 0 Å². The Morgan fingerprint density at radius 3 is 2.83 bits per heavy atom. The smallest absolute Gasteiger partial charge is 0.197 e. The van der Waals surface area contributed by atoms with E-state index in [0.29, 0.717) is 29.8 Å². The summed E-state index contributed by atoms with van der Waals surface area (Å²) < 4.78 is 23.0. The molecule has 0 aliphatic rings. The molecule has 1 aromatic carbocycles. The van der Waals surface area contributed by atoms with Crippen LogP contribution in [0.1, 0.15) is 5.69 Å². The van der Waals surface area contributed by atoms with Crippen molar-refractivity contribution in [3.8, 4) is 5.75 Å². The Hall–Kier alpha value is -1.25. The van der Waals surface area contributed by atoms with E-state index in [9.17, 15) is 4.21 Å². The van der Waals surface area contributed by atoms with Crippen molar-refractivity contribution in [1.82, 2.24) is 15.0 Å². The maximum Gasteiger partial charge on any atom is 0.197 e. The Labute approximate surface area is 164 Å². The fourth-order valence-corrected chi connectivity index (χ4v) is 3.09. The van der Waals surface area contributed by atoms with Crippen molar-refractivity contribution < 1.29 is 13.7 Å². The number of fused-ring (bicyclic) bond motifs is 1. The van der Waals surface area contributed by atoms with Gasteiger partial charge in [-0.1, -0.05) is 12.1 Å². The van der Waals surface area contributed by atoms with Crippen LogP contribution in [-0.4, -0.2) is 69.0 Å². The summed E-state index contributed by atoms with van der Waals surface area (Å²) in [5.41, 5.74) is 2.37. The first-order valence-electron chi connectivity index (χ1n) is 7.16. The molecular formula is C16H17N3NaO3S. The average molecular weight is 354 g/mol. The molecule has 2 heterocycles. The van der Waals surface area contributed by atoms with E-state index < -0.39 is 10.8 Å². The van der Waals surface area contributed by atoms with E-state index >= 15 is 0 Å². The molecule has 24 heavy (non-hydrogen) atoms. The molecule has 1 radical (unpaired) electrons. The molecule has 0 saturated heterocycles. The Balaban J connectivity index is 0.00000208. The molecule has 1 atom stereocenters. The van der Waals surface area contributed by atoms with Crippen LogP contribution in [0.3, 0.4) is 0 Å². The minimum absolute atomic E-state index is 0. The molecule has 0 aliphatic heterocycles. The molecule has 0 fully saturated rings. The minimum atomic E-state index is -1.29.